The van der Waals surface area contributed by atoms with Gasteiger partial charge in [-0.2, -0.15) is 5.26 Å². The van der Waals surface area contributed by atoms with Gasteiger partial charge in [-0.3, -0.25) is 4.98 Å². The van der Waals surface area contributed by atoms with Crippen LogP contribution in [-0.4, -0.2) is 4.98 Å². The zero-order valence-corrected chi connectivity index (χ0v) is 8.95. The molecule has 2 nitrogen and oxygen atoms in total. The molecule has 1 aromatic carbocycles. The number of nitrogens with zero attached hydrogens (tertiary/aromatic N) is 2. The Hall–Kier alpha value is -1.40. The number of fused-ring (bicyclic) bond motifs is 1. The van der Waals surface area contributed by atoms with Crippen LogP contribution in [-0.2, 0) is 5.33 Å². The molecule has 0 saturated heterocycles. The Bertz CT molecular complexity index is 514. The van der Waals surface area contributed by atoms with Crippen LogP contribution in [0.5, 0.6) is 0 Å². The van der Waals surface area contributed by atoms with Crippen molar-refractivity contribution in [1.82, 2.24) is 4.98 Å². The van der Waals surface area contributed by atoms with Gasteiger partial charge in [0.25, 0.3) is 0 Å². The van der Waals surface area contributed by atoms with E-state index in [0.717, 1.165) is 16.5 Å². The zero-order valence-electron chi connectivity index (χ0n) is 7.37. The number of aromatic nitrogens is 1. The van der Waals surface area contributed by atoms with E-state index in [1.54, 1.807) is 6.20 Å². The van der Waals surface area contributed by atoms with Crippen molar-refractivity contribution in [3.8, 4) is 6.07 Å². The number of benzene rings is 1. The monoisotopic (exact) mass is 246 g/mol. The molecule has 1 aromatic heterocycles. The van der Waals surface area contributed by atoms with Gasteiger partial charge in [-0.25, -0.2) is 0 Å². The van der Waals surface area contributed by atoms with E-state index in [4.69, 9.17) is 5.26 Å². The molecule has 0 radical (unpaired) electrons. The third-order valence-electron chi connectivity index (χ3n) is 2.12. The highest BCUT2D eigenvalue weighted by atomic mass is 79.9. The molecule has 0 aliphatic carbocycles. The first-order valence-electron chi connectivity index (χ1n) is 4.19. The van der Waals surface area contributed by atoms with Gasteiger partial charge in [0.1, 0.15) is 6.07 Å². The summed E-state index contributed by atoms with van der Waals surface area (Å²) < 4.78 is 0. The number of rotatable bonds is 1. The third-order valence-corrected chi connectivity index (χ3v) is 2.66. The molecule has 0 atom stereocenters. The van der Waals surface area contributed by atoms with Gasteiger partial charge in [-0.1, -0.05) is 40.2 Å². The normalized spacial score (nSPS) is 10.0. The minimum atomic E-state index is 0.630. The Morgan fingerprint density at radius 1 is 1.29 bits per heavy atom. The summed E-state index contributed by atoms with van der Waals surface area (Å²) in [5, 5.41) is 11.6. The van der Waals surface area contributed by atoms with Crippen molar-refractivity contribution in [2.75, 3.05) is 0 Å². The fourth-order valence-corrected chi connectivity index (χ4v) is 1.89. The third kappa shape index (κ3) is 1.38. The van der Waals surface area contributed by atoms with Gasteiger partial charge in [0.2, 0.25) is 0 Å². The Kier molecular flexibility index (Phi) is 2.47. The number of alkyl halides is 1. The second-order valence-electron chi connectivity index (χ2n) is 2.91. The maximum atomic E-state index is 8.90. The largest absolute Gasteiger partial charge is 0.258 e. The van der Waals surface area contributed by atoms with Gasteiger partial charge >= 0.3 is 0 Å². The van der Waals surface area contributed by atoms with Crippen molar-refractivity contribution in [2.24, 2.45) is 0 Å². The van der Waals surface area contributed by atoms with Crippen LogP contribution < -0.4 is 0 Å². The molecule has 0 saturated carbocycles. The minimum absolute atomic E-state index is 0.630. The second-order valence-corrected chi connectivity index (χ2v) is 3.47. The number of pyridine rings is 1. The number of hydrogen-bond acceptors (Lipinski definition) is 2. The Labute approximate surface area is 90.3 Å². The van der Waals surface area contributed by atoms with Crippen LogP contribution in [0.4, 0.5) is 0 Å². The average Bonchev–Trinajstić information content (AvgIpc) is 2.27. The number of hydrogen-bond donors (Lipinski definition) is 0. The number of halogens is 1. The van der Waals surface area contributed by atoms with Crippen molar-refractivity contribution < 1.29 is 0 Å². The maximum Gasteiger partial charge on any atom is 0.101 e. The first-order chi connectivity index (χ1) is 6.86. The van der Waals surface area contributed by atoms with Gasteiger partial charge < -0.3 is 0 Å². The molecule has 0 amide bonds. The summed E-state index contributed by atoms with van der Waals surface area (Å²) in [5.74, 6) is 0. The lowest BCUT2D eigenvalue weighted by molar-refractivity contribution is 1.21. The molecule has 0 bridgehead atoms. The first-order valence-corrected chi connectivity index (χ1v) is 5.31. The molecule has 0 aliphatic rings. The molecule has 2 aromatic rings. The maximum absolute atomic E-state index is 8.90. The van der Waals surface area contributed by atoms with Gasteiger partial charge in [0.05, 0.1) is 11.3 Å². The first kappa shape index (κ1) is 9.17. The van der Waals surface area contributed by atoms with E-state index in [2.05, 4.69) is 27.0 Å². The van der Waals surface area contributed by atoms with E-state index in [1.165, 1.54) is 0 Å². The van der Waals surface area contributed by atoms with Crippen molar-refractivity contribution in [3.63, 3.8) is 0 Å². The smallest absolute Gasteiger partial charge is 0.101 e. The van der Waals surface area contributed by atoms with Gasteiger partial charge in [-0.05, 0) is 0 Å². The van der Waals surface area contributed by atoms with E-state index >= 15 is 0 Å². The predicted molar refractivity (Wildman–Crippen MR) is 59.1 cm³/mol. The van der Waals surface area contributed by atoms with Crippen LogP contribution in [0.15, 0.2) is 30.5 Å². The lowest BCUT2D eigenvalue weighted by Gasteiger charge is -2.03. The fraction of sp³-hybridized carbons (Fsp3) is 0.0909. The molecule has 0 spiro atoms. The lowest BCUT2D eigenvalue weighted by Crippen LogP contribution is -1.90. The average molecular weight is 247 g/mol. The molecule has 2 rings (SSSR count). The van der Waals surface area contributed by atoms with Gasteiger partial charge in [-0.15, -0.1) is 0 Å². The Morgan fingerprint density at radius 3 is 2.64 bits per heavy atom. The SMILES string of the molecule is N#Cc1cnc(CBr)c2ccccc12. The summed E-state index contributed by atoms with van der Waals surface area (Å²) in [7, 11) is 0. The summed E-state index contributed by atoms with van der Waals surface area (Å²) in [6.45, 7) is 0. The van der Waals surface area contributed by atoms with Crippen LogP contribution in [0, 0.1) is 11.3 Å². The molecular formula is C11H7BrN2. The molecule has 0 N–H and O–H groups in total. The topological polar surface area (TPSA) is 36.7 Å². The van der Waals surface area contributed by atoms with Crippen molar-refractivity contribution in [3.05, 3.63) is 41.7 Å². The standard InChI is InChI=1S/C11H7BrN2/c12-5-11-10-4-2-1-3-9(10)8(6-13)7-14-11/h1-4,7H,5H2. The molecule has 0 unspecified atom stereocenters. The van der Waals surface area contributed by atoms with Crippen LogP contribution in [0.2, 0.25) is 0 Å². The van der Waals surface area contributed by atoms with Crippen LogP contribution in [0.25, 0.3) is 10.8 Å². The summed E-state index contributed by atoms with van der Waals surface area (Å²) >= 11 is 3.38. The van der Waals surface area contributed by atoms with E-state index in [9.17, 15) is 0 Å². The molecule has 1 heterocycles. The summed E-state index contributed by atoms with van der Waals surface area (Å²) in [5.41, 5.74) is 1.60. The summed E-state index contributed by atoms with van der Waals surface area (Å²) in [6, 6.07) is 9.96. The van der Waals surface area contributed by atoms with E-state index < -0.39 is 0 Å². The molecular weight excluding hydrogens is 240 g/mol. The summed E-state index contributed by atoms with van der Waals surface area (Å²) in [6.07, 6.45) is 1.62. The van der Waals surface area contributed by atoms with Crippen LogP contribution in [0.1, 0.15) is 11.3 Å². The highest BCUT2D eigenvalue weighted by Crippen LogP contribution is 2.21. The molecule has 14 heavy (non-hydrogen) atoms. The van der Waals surface area contributed by atoms with E-state index in [0.29, 0.717) is 10.9 Å². The molecule has 68 valence electrons. The Morgan fingerprint density at radius 2 is 2.00 bits per heavy atom. The second kappa shape index (κ2) is 3.77. The van der Waals surface area contributed by atoms with Crippen LogP contribution >= 0.6 is 15.9 Å². The highest BCUT2D eigenvalue weighted by molar-refractivity contribution is 9.08. The van der Waals surface area contributed by atoms with Crippen molar-refractivity contribution in [2.45, 2.75) is 5.33 Å². The lowest BCUT2D eigenvalue weighted by atomic mass is 10.1. The number of nitriles is 1. The molecule has 0 fully saturated rings. The fourth-order valence-electron chi connectivity index (χ4n) is 1.45. The zero-order chi connectivity index (χ0) is 9.97. The minimum Gasteiger partial charge on any atom is -0.258 e. The van der Waals surface area contributed by atoms with Crippen LogP contribution in [0.3, 0.4) is 0 Å². The Balaban J connectivity index is 2.87. The predicted octanol–water partition coefficient (Wildman–Crippen LogP) is 3.00. The van der Waals surface area contributed by atoms with Crippen molar-refractivity contribution in [1.29, 1.82) is 5.26 Å². The molecule has 3 heteroatoms. The summed E-state index contributed by atoms with van der Waals surface area (Å²) in [4.78, 5) is 4.23. The molecule has 0 aliphatic heterocycles. The van der Waals surface area contributed by atoms with E-state index in [1.807, 2.05) is 24.3 Å². The highest BCUT2D eigenvalue weighted by Gasteiger charge is 2.04. The van der Waals surface area contributed by atoms with Gasteiger partial charge in [0, 0.05) is 22.3 Å². The quantitative estimate of drug-likeness (QED) is 0.726. The van der Waals surface area contributed by atoms with E-state index in [-0.39, 0.29) is 0 Å². The van der Waals surface area contributed by atoms with Crippen molar-refractivity contribution >= 4 is 26.7 Å². The van der Waals surface area contributed by atoms with Gasteiger partial charge in [0.15, 0.2) is 0 Å².